The van der Waals surface area contributed by atoms with Crippen LogP contribution in [0.4, 0.5) is 0 Å². The number of methoxy groups -OCH3 is 1. The summed E-state index contributed by atoms with van der Waals surface area (Å²) in [6.07, 6.45) is 2.37. The molecule has 6 nitrogen and oxygen atoms in total. The number of amides is 1. The maximum absolute atomic E-state index is 12.1. The first-order valence-corrected chi connectivity index (χ1v) is 8.47. The number of nitrogens with two attached hydrogens (primary N) is 1. The maximum Gasteiger partial charge on any atom is 0.222 e. The summed E-state index contributed by atoms with van der Waals surface area (Å²) in [5.41, 5.74) is 5.57. The van der Waals surface area contributed by atoms with Gasteiger partial charge in [-0.05, 0) is 5.92 Å². The summed E-state index contributed by atoms with van der Waals surface area (Å²) in [5.74, 6) is 0.604. The Bertz CT molecular complexity index is 311. The van der Waals surface area contributed by atoms with E-state index in [2.05, 4.69) is 24.1 Å². The van der Waals surface area contributed by atoms with Crippen molar-refractivity contribution in [1.29, 1.82) is 0 Å². The molecule has 1 fully saturated rings. The van der Waals surface area contributed by atoms with Crippen LogP contribution in [0.1, 0.15) is 33.1 Å². The van der Waals surface area contributed by atoms with Gasteiger partial charge in [0.2, 0.25) is 5.91 Å². The Morgan fingerprint density at radius 2 is 1.83 bits per heavy atom. The third-order valence-electron chi connectivity index (χ3n) is 4.63. The lowest BCUT2D eigenvalue weighted by Crippen LogP contribution is -2.52. The van der Waals surface area contributed by atoms with Crippen LogP contribution in [0.2, 0.25) is 0 Å². The number of hydrogen-bond donors (Lipinski definition) is 2. The molecule has 0 aromatic carbocycles. The Balaban J connectivity index is 0. The average Bonchev–Trinajstić information content (AvgIpc) is 2.57. The van der Waals surface area contributed by atoms with Gasteiger partial charge in [0, 0.05) is 39.3 Å². The topological polar surface area (TPSA) is 76.8 Å². The molecular weight excluding hydrogens is 353 g/mol. The first-order chi connectivity index (χ1) is 10.7. The fourth-order valence-electron chi connectivity index (χ4n) is 3.10. The van der Waals surface area contributed by atoms with Crippen molar-refractivity contribution < 1.29 is 14.3 Å². The van der Waals surface area contributed by atoms with E-state index in [4.69, 9.17) is 15.2 Å². The number of nitrogens with zero attached hydrogens (tertiary/aromatic N) is 1. The molecule has 1 rings (SSSR count). The molecule has 3 N–H and O–H groups in total. The van der Waals surface area contributed by atoms with Crippen LogP contribution in [0.5, 0.6) is 0 Å². The highest BCUT2D eigenvalue weighted by Crippen LogP contribution is 2.19. The molecule has 2 unspecified atom stereocenters. The van der Waals surface area contributed by atoms with Crippen molar-refractivity contribution in [2.24, 2.45) is 11.7 Å². The van der Waals surface area contributed by atoms with E-state index in [0.717, 1.165) is 39.1 Å². The van der Waals surface area contributed by atoms with E-state index >= 15 is 0 Å². The third-order valence-corrected chi connectivity index (χ3v) is 4.63. The number of halogens is 2. The van der Waals surface area contributed by atoms with E-state index in [1.54, 1.807) is 7.11 Å². The second kappa shape index (κ2) is 15.2. The Labute approximate surface area is 159 Å². The maximum atomic E-state index is 12.1. The van der Waals surface area contributed by atoms with Crippen molar-refractivity contribution in [3.8, 4) is 0 Å². The molecule has 0 saturated carbocycles. The summed E-state index contributed by atoms with van der Waals surface area (Å²) in [7, 11) is 1.59. The highest BCUT2D eigenvalue weighted by Gasteiger charge is 2.27. The molecule has 2 atom stereocenters. The Kier molecular flexibility index (Phi) is 16.5. The van der Waals surface area contributed by atoms with Gasteiger partial charge < -0.3 is 20.5 Å². The molecule has 146 valence electrons. The molecule has 24 heavy (non-hydrogen) atoms. The SMILES string of the molecule is CCC(CC)C(CNC(=O)CC(CN)OC)N1CCOCC1.Cl.Cl. The molecular formula is C16H35Cl2N3O3. The van der Waals surface area contributed by atoms with Crippen molar-refractivity contribution in [2.45, 2.75) is 45.3 Å². The van der Waals surface area contributed by atoms with Crippen LogP contribution in [0.25, 0.3) is 0 Å². The fourth-order valence-corrected chi connectivity index (χ4v) is 3.10. The molecule has 0 radical (unpaired) electrons. The Morgan fingerprint density at radius 3 is 2.29 bits per heavy atom. The minimum atomic E-state index is -0.199. The summed E-state index contributed by atoms with van der Waals surface area (Å²) < 4.78 is 10.6. The van der Waals surface area contributed by atoms with Gasteiger partial charge in [-0.1, -0.05) is 26.7 Å². The number of carbonyl (C=O) groups is 1. The van der Waals surface area contributed by atoms with E-state index in [0.29, 0.717) is 31.5 Å². The molecule has 8 heteroatoms. The normalized spacial score (nSPS) is 17.5. The molecule has 1 amide bonds. The lowest BCUT2D eigenvalue weighted by Gasteiger charge is -2.38. The van der Waals surface area contributed by atoms with Gasteiger partial charge in [-0.15, -0.1) is 24.8 Å². The minimum absolute atomic E-state index is 0. The molecule has 0 aromatic heterocycles. The number of rotatable bonds is 10. The Hall–Kier alpha value is -0.110. The van der Waals surface area contributed by atoms with Crippen LogP contribution >= 0.6 is 24.8 Å². The molecule has 1 saturated heterocycles. The van der Waals surface area contributed by atoms with Gasteiger partial charge in [0.15, 0.2) is 0 Å². The number of nitrogens with one attached hydrogen (secondary N) is 1. The summed E-state index contributed by atoms with van der Waals surface area (Å²) >= 11 is 0. The second-order valence-corrected chi connectivity index (χ2v) is 5.89. The fraction of sp³-hybridized carbons (Fsp3) is 0.938. The lowest BCUT2D eigenvalue weighted by atomic mass is 9.92. The predicted molar refractivity (Wildman–Crippen MR) is 102 cm³/mol. The monoisotopic (exact) mass is 387 g/mol. The first-order valence-electron chi connectivity index (χ1n) is 8.47. The number of carbonyl (C=O) groups excluding carboxylic acids is 1. The largest absolute Gasteiger partial charge is 0.380 e. The number of morpholine rings is 1. The van der Waals surface area contributed by atoms with Crippen LogP contribution in [0.3, 0.4) is 0 Å². The van der Waals surface area contributed by atoms with Gasteiger partial charge in [0.05, 0.1) is 25.7 Å². The smallest absolute Gasteiger partial charge is 0.222 e. The van der Waals surface area contributed by atoms with Crippen molar-refractivity contribution >= 4 is 30.7 Å². The van der Waals surface area contributed by atoms with Crippen LogP contribution < -0.4 is 11.1 Å². The van der Waals surface area contributed by atoms with Crippen molar-refractivity contribution in [3.05, 3.63) is 0 Å². The predicted octanol–water partition coefficient (Wildman–Crippen LogP) is 1.45. The first kappa shape index (κ1) is 26.1. The van der Waals surface area contributed by atoms with Crippen molar-refractivity contribution in [2.75, 3.05) is 46.5 Å². The highest BCUT2D eigenvalue weighted by atomic mass is 35.5. The van der Waals surface area contributed by atoms with Crippen LogP contribution in [-0.4, -0.2) is 69.5 Å². The lowest BCUT2D eigenvalue weighted by molar-refractivity contribution is -0.123. The second-order valence-electron chi connectivity index (χ2n) is 5.89. The number of ether oxygens (including phenoxy) is 2. The zero-order valence-corrected chi connectivity index (χ0v) is 16.8. The zero-order chi connectivity index (χ0) is 16.4. The molecule has 1 heterocycles. The molecule has 1 aliphatic heterocycles. The van der Waals surface area contributed by atoms with E-state index in [-0.39, 0.29) is 36.8 Å². The minimum Gasteiger partial charge on any atom is -0.380 e. The van der Waals surface area contributed by atoms with Crippen LogP contribution in [-0.2, 0) is 14.3 Å². The highest BCUT2D eigenvalue weighted by molar-refractivity contribution is 5.85. The summed E-state index contributed by atoms with van der Waals surface area (Å²) in [6, 6.07) is 0.377. The van der Waals surface area contributed by atoms with Gasteiger partial charge in [-0.3, -0.25) is 9.69 Å². The van der Waals surface area contributed by atoms with Gasteiger partial charge in [-0.2, -0.15) is 0 Å². The third kappa shape index (κ3) is 8.83. The standard InChI is InChI=1S/C16H33N3O3.2ClH/c1-4-13(5-2)15(19-6-8-22-9-7-19)12-18-16(20)10-14(11-17)21-3;;/h13-15H,4-12,17H2,1-3H3,(H,18,20);2*1H. The van der Waals surface area contributed by atoms with Crippen molar-refractivity contribution in [1.82, 2.24) is 10.2 Å². The van der Waals surface area contributed by atoms with Crippen LogP contribution in [0.15, 0.2) is 0 Å². The summed E-state index contributed by atoms with van der Waals surface area (Å²) in [6.45, 7) is 8.95. The van der Waals surface area contributed by atoms with Gasteiger partial charge in [0.25, 0.3) is 0 Å². The molecule has 0 aromatic rings. The van der Waals surface area contributed by atoms with Gasteiger partial charge in [-0.25, -0.2) is 0 Å². The zero-order valence-electron chi connectivity index (χ0n) is 15.2. The molecule has 0 aliphatic carbocycles. The quantitative estimate of drug-likeness (QED) is 0.592. The van der Waals surface area contributed by atoms with Gasteiger partial charge in [0.1, 0.15) is 0 Å². The summed E-state index contributed by atoms with van der Waals surface area (Å²) in [4.78, 5) is 14.5. The Morgan fingerprint density at radius 1 is 1.25 bits per heavy atom. The number of hydrogen-bond acceptors (Lipinski definition) is 5. The molecule has 0 spiro atoms. The van der Waals surface area contributed by atoms with E-state index in [1.807, 2.05) is 0 Å². The van der Waals surface area contributed by atoms with Crippen LogP contribution in [0, 0.1) is 5.92 Å². The van der Waals surface area contributed by atoms with E-state index in [1.165, 1.54) is 0 Å². The summed E-state index contributed by atoms with van der Waals surface area (Å²) in [5, 5.41) is 3.07. The van der Waals surface area contributed by atoms with E-state index < -0.39 is 0 Å². The average molecular weight is 388 g/mol. The van der Waals surface area contributed by atoms with Gasteiger partial charge >= 0.3 is 0 Å². The van der Waals surface area contributed by atoms with Crippen molar-refractivity contribution in [3.63, 3.8) is 0 Å². The van der Waals surface area contributed by atoms with E-state index in [9.17, 15) is 4.79 Å². The molecule has 1 aliphatic rings. The molecule has 0 bridgehead atoms.